The van der Waals surface area contributed by atoms with E-state index in [-0.39, 0.29) is 17.8 Å². The average molecular weight is 593 g/mol. The summed E-state index contributed by atoms with van der Waals surface area (Å²) in [5.74, 6) is 1.34. The lowest BCUT2D eigenvalue weighted by molar-refractivity contribution is 0.0803. The molecule has 2 aliphatic heterocycles. The molecule has 0 radical (unpaired) electrons. The van der Waals surface area contributed by atoms with E-state index in [9.17, 15) is 9.59 Å². The Hall–Kier alpha value is -3.97. The van der Waals surface area contributed by atoms with Gasteiger partial charge in [0.2, 0.25) is 0 Å². The minimum atomic E-state index is -0.0719. The number of fused-ring (bicyclic) bond motifs is 3. The first-order valence-corrected chi connectivity index (χ1v) is 16.2. The monoisotopic (exact) mass is 592 g/mol. The van der Waals surface area contributed by atoms with Crippen LogP contribution in [-0.4, -0.2) is 50.9 Å². The van der Waals surface area contributed by atoms with E-state index in [1.165, 1.54) is 18.4 Å². The minimum Gasteiger partial charge on any atom is -0.489 e. The van der Waals surface area contributed by atoms with Crippen LogP contribution >= 0.6 is 0 Å². The van der Waals surface area contributed by atoms with Gasteiger partial charge in [0.05, 0.1) is 17.2 Å². The predicted molar refractivity (Wildman–Crippen MR) is 174 cm³/mol. The van der Waals surface area contributed by atoms with Crippen molar-refractivity contribution in [1.29, 1.82) is 0 Å². The Morgan fingerprint density at radius 1 is 1.00 bits per heavy atom. The molecule has 1 N–H and O–H groups in total. The van der Waals surface area contributed by atoms with E-state index >= 15 is 0 Å². The number of para-hydroxylation sites is 1. The van der Waals surface area contributed by atoms with Gasteiger partial charge in [0, 0.05) is 55.9 Å². The number of piperidine rings is 1. The van der Waals surface area contributed by atoms with E-state index in [1.54, 1.807) is 6.20 Å². The lowest BCUT2D eigenvalue weighted by Crippen LogP contribution is -2.43. The van der Waals surface area contributed by atoms with Crippen molar-refractivity contribution in [2.45, 2.75) is 90.6 Å². The van der Waals surface area contributed by atoms with Crippen LogP contribution in [0.1, 0.15) is 84.3 Å². The van der Waals surface area contributed by atoms with Gasteiger partial charge >= 0.3 is 0 Å². The minimum absolute atomic E-state index is 0.0315. The molecule has 2 aromatic carbocycles. The van der Waals surface area contributed by atoms with Crippen molar-refractivity contribution in [1.82, 2.24) is 19.8 Å². The molecule has 0 aliphatic carbocycles. The number of aromatic nitrogens is 2. The van der Waals surface area contributed by atoms with Crippen LogP contribution in [0.25, 0.3) is 10.9 Å². The molecule has 1 amide bonds. The largest absolute Gasteiger partial charge is 0.489 e. The normalized spacial score (nSPS) is 19.9. The van der Waals surface area contributed by atoms with Crippen LogP contribution in [-0.2, 0) is 13.1 Å². The number of carbonyl (C=O) groups excluding carboxylic acids is 2. The van der Waals surface area contributed by atoms with Gasteiger partial charge < -0.3 is 14.6 Å². The van der Waals surface area contributed by atoms with Gasteiger partial charge in [0.25, 0.3) is 5.91 Å². The Morgan fingerprint density at radius 3 is 2.52 bits per heavy atom. The van der Waals surface area contributed by atoms with Crippen LogP contribution in [0.2, 0.25) is 0 Å². The summed E-state index contributed by atoms with van der Waals surface area (Å²) in [7, 11) is 0. The summed E-state index contributed by atoms with van der Waals surface area (Å²) in [5, 5.41) is 4.05. The molecule has 4 heterocycles. The Morgan fingerprint density at radius 2 is 1.80 bits per heavy atom. The zero-order valence-electron chi connectivity index (χ0n) is 26.2. The molecule has 230 valence electrons. The maximum Gasteiger partial charge on any atom is 0.253 e. The van der Waals surface area contributed by atoms with Gasteiger partial charge in [-0.2, -0.15) is 0 Å². The van der Waals surface area contributed by atoms with Gasteiger partial charge in [0.15, 0.2) is 5.78 Å². The summed E-state index contributed by atoms with van der Waals surface area (Å²) in [6.07, 6.45) is 9.91. The van der Waals surface area contributed by atoms with Crippen molar-refractivity contribution in [3.63, 3.8) is 0 Å². The molecular formula is C37H44N4O3. The van der Waals surface area contributed by atoms with Crippen LogP contribution in [0.3, 0.4) is 0 Å². The number of amides is 1. The zero-order valence-corrected chi connectivity index (χ0v) is 26.2. The van der Waals surface area contributed by atoms with Gasteiger partial charge in [0.1, 0.15) is 11.4 Å². The maximum atomic E-state index is 13.5. The van der Waals surface area contributed by atoms with E-state index in [4.69, 9.17) is 4.74 Å². The van der Waals surface area contributed by atoms with Crippen LogP contribution < -0.4 is 10.1 Å². The number of nitrogens with one attached hydrogen (secondary N) is 1. The zero-order chi connectivity index (χ0) is 30.6. The second kappa shape index (κ2) is 13.3. The van der Waals surface area contributed by atoms with Crippen molar-refractivity contribution in [2.24, 2.45) is 5.92 Å². The second-order valence-electron chi connectivity index (χ2n) is 12.9. The number of benzene rings is 2. The number of aryl methyl sites for hydroxylation is 2. The third kappa shape index (κ3) is 6.73. The Balaban J connectivity index is 1.13. The summed E-state index contributed by atoms with van der Waals surface area (Å²) in [6.45, 7) is 8.43. The first kappa shape index (κ1) is 30.1. The second-order valence-corrected chi connectivity index (χ2v) is 12.9. The third-order valence-electron chi connectivity index (χ3n) is 9.23. The van der Waals surface area contributed by atoms with E-state index in [0.717, 1.165) is 54.6 Å². The van der Waals surface area contributed by atoms with Crippen LogP contribution in [0.15, 0.2) is 73.1 Å². The number of ether oxygens (including phenoxy) is 1. The molecule has 2 fully saturated rings. The molecule has 2 saturated heterocycles. The molecule has 2 aromatic heterocycles. The highest BCUT2D eigenvalue weighted by Crippen LogP contribution is 2.40. The fraction of sp³-hybridized carbons (Fsp3) is 0.432. The molecule has 0 spiro atoms. The van der Waals surface area contributed by atoms with E-state index in [2.05, 4.69) is 38.8 Å². The molecule has 6 rings (SSSR count). The summed E-state index contributed by atoms with van der Waals surface area (Å²) >= 11 is 0. The summed E-state index contributed by atoms with van der Waals surface area (Å²) in [5.41, 5.74) is 4.52. The van der Waals surface area contributed by atoms with Gasteiger partial charge in [-0.05, 0) is 82.6 Å². The molecule has 2 aliphatic rings. The number of hydrogen-bond donors (Lipinski definition) is 1. The summed E-state index contributed by atoms with van der Waals surface area (Å²) in [6, 6.07) is 20.9. The number of nitrogens with zero attached hydrogens (tertiary/aromatic N) is 3. The number of rotatable bonds is 12. The molecule has 1 unspecified atom stereocenters. The molecule has 2 bridgehead atoms. The van der Waals surface area contributed by atoms with Gasteiger partial charge in [-0.3, -0.25) is 19.5 Å². The molecule has 7 heteroatoms. The first-order chi connectivity index (χ1) is 21.4. The van der Waals surface area contributed by atoms with Gasteiger partial charge in [-0.25, -0.2) is 0 Å². The molecule has 7 nitrogen and oxygen atoms in total. The van der Waals surface area contributed by atoms with Crippen molar-refractivity contribution in [2.75, 3.05) is 6.54 Å². The number of hydrogen-bond acceptors (Lipinski definition) is 5. The number of pyridine rings is 1. The van der Waals surface area contributed by atoms with Gasteiger partial charge in [-0.1, -0.05) is 48.0 Å². The molecule has 44 heavy (non-hydrogen) atoms. The fourth-order valence-corrected chi connectivity index (χ4v) is 7.37. The lowest BCUT2D eigenvalue weighted by atomic mass is 9.86. The van der Waals surface area contributed by atoms with E-state index < -0.39 is 0 Å². The SMILES string of the molecule is Cc1cccc(CNC(=O)c2cn(CCCN3[C@@H]4CC[C@H]3CC(CC(=O)c3ccccn3)C4)c3c(OC(C)C)cccc23)c1. The van der Waals surface area contributed by atoms with Crippen LogP contribution in [0.5, 0.6) is 5.75 Å². The highest BCUT2D eigenvalue weighted by atomic mass is 16.5. The number of ketones is 1. The third-order valence-corrected chi connectivity index (χ3v) is 9.23. The quantitative estimate of drug-likeness (QED) is 0.180. The van der Waals surface area contributed by atoms with Gasteiger partial charge in [-0.15, -0.1) is 0 Å². The number of Topliss-reactive ketones (excluding diaryl/α,β-unsaturated/α-hetero) is 1. The van der Waals surface area contributed by atoms with E-state index in [0.29, 0.717) is 42.2 Å². The first-order valence-electron chi connectivity index (χ1n) is 16.2. The average Bonchev–Trinajstić information content (AvgIpc) is 3.50. The highest BCUT2D eigenvalue weighted by Gasteiger charge is 2.40. The van der Waals surface area contributed by atoms with Crippen molar-refractivity contribution in [3.8, 4) is 5.75 Å². The van der Waals surface area contributed by atoms with Crippen molar-refractivity contribution in [3.05, 3.63) is 95.4 Å². The predicted octanol–water partition coefficient (Wildman–Crippen LogP) is 6.97. The highest BCUT2D eigenvalue weighted by molar-refractivity contribution is 6.08. The standard InChI is InChI=1S/C37H44N4O3/c1-25(2)44-35-13-7-11-31-32(37(43)39-23-27-10-6-9-26(3)19-27)24-40(36(31)35)17-8-18-41-29-14-15-30(41)21-28(20-29)22-34(42)33-12-4-5-16-38-33/h4-7,9-13,16,19,24-25,28-30H,8,14-15,17-18,20-23H2,1-3H3,(H,39,43)/t28?,29-,30+. The number of carbonyl (C=O) groups is 2. The Bertz CT molecular complexity index is 1600. The van der Waals surface area contributed by atoms with Crippen LogP contribution in [0.4, 0.5) is 0 Å². The smallest absolute Gasteiger partial charge is 0.253 e. The molecule has 4 aromatic rings. The summed E-state index contributed by atoms with van der Waals surface area (Å²) in [4.78, 5) is 33.3. The summed E-state index contributed by atoms with van der Waals surface area (Å²) < 4.78 is 8.44. The van der Waals surface area contributed by atoms with E-state index in [1.807, 2.05) is 68.6 Å². The maximum absolute atomic E-state index is 13.5. The Kier molecular flexibility index (Phi) is 9.12. The topological polar surface area (TPSA) is 76.5 Å². The molecular weight excluding hydrogens is 548 g/mol. The van der Waals surface area contributed by atoms with Crippen LogP contribution in [0, 0.1) is 12.8 Å². The van der Waals surface area contributed by atoms with Crippen molar-refractivity contribution >= 4 is 22.6 Å². The molecule has 3 atom stereocenters. The van der Waals surface area contributed by atoms with Crippen molar-refractivity contribution < 1.29 is 14.3 Å². The molecule has 0 saturated carbocycles. The lowest BCUT2D eigenvalue weighted by Gasteiger charge is -2.39. The fourth-order valence-electron chi connectivity index (χ4n) is 7.37. The Labute approximate surface area is 260 Å².